The van der Waals surface area contributed by atoms with Gasteiger partial charge in [0.1, 0.15) is 23.9 Å². The van der Waals surface area contributed by atoms with Crippen molar-refractivity contribution < 1.29 is 19.1 Å². The maximum atomic E-state index is 13.4. The number of nitrogens with zero attached hydrogens (tertiary/aromatic N) is 2. The van der Waals surface area contributed by atoms with Crippen molar-refractivity contribution in [1.82, 2.24) is 20.4 Å². The summed E-state index contributed by atoms with van der Waals surface area (Å²) in [5.41, 5.74) is 0.867. The van der Waals surface area contributed by atoms with Gasteiger partial charge in [-0.05, 0) is 43.8 Å². The zero-order valence-electron chi connectivity index (χ0n) is 18.6. The Hall–Kier alpha value is -2.87. The number of carbonyl (C=O) groups is 3. The highest BCUT2D eigenvalue weighted by atomic mass is 16.5. The number of amides is 3. The first-order chi connectivity index (χ1) is 14.8. The van der Waals surface area contributed by atoms with Crippen LogP contribution in [0.1, 0.15) is 32.3 Å². The van der Waals surface area contributed by atoms with E-state index < -0.39 is 18.2 Å². The molecule has 31 heavy (non-hydrogen) atoms. The minimum Gasteiger partial charge on any atom is -0.488 e. The number of benzene rings is 1. The number of rotatable bonds is 4. The van der Waals surface area contributed by atoms with E-state index in [2.05, 4.69) is 10.6 Å². The van der Waals surface area contributed by atoms with Gasteiger partial charge in [-0.3, -0.25) is 14.4 Å². The molecule has 1 fully saturated rings. The fraction of sp³-hybridized carbons (Fsp3) is 0.522. The fourth-order valence-electron chi connectivity index (χ4n) is 3.96. The van der Waals surface area contributed by atoms with Gasteiger partial charge >= 0.3 is 0 Å². The molecule has 3 rings (SSSR count). The van der Waals surface area contributed by atoms with Gasteiger partial charge in [0.05, 0.1) is 6.54 Å². The van der Waals surface area contributed by atoms with Crippen molar-refractivity contribution in [1.29, 1.82) is 0 Å². The lowest BCUT2D eigenvalue weighted by Gasteiger charge is -2.31. The molecule has 3 amide bonds. The normalized spacial score (nSPS) is 24.8. The quantitative estimate of drug-likeness (QED) is 0.753. The van der Waals surface area contributed by atoms with Gasteiger partial charge in [0, 0.05) is 19.2 Å². The highest BCUT2D eigenvalue weighted by Gasteiger charge is 2.44. The topological polar surface area (TPSA) is 91.0 Å². The van der Waals surface area contributed by atoms with Crippen LogP contribution < -0.4 is 15.4 Å². The van der Waals surface area contributed by atoms with Gasteiger partial charge in [-0.2, -0.15) is 0 Å². The third-order valence-corrected chi connectivity index (χ3v) is 5.82. The fourth-order valence-corrected chi connectivity index (χ4v) is 3.96. The Bertz CT molecular complexity index is 854. The van der Waals surface area contributed by atoms with Crippen LogP contribution >= 0.6 is 0 Å². The summed E-state index contributed by atoms with van der Waals surface area (Å²) in [4.78, 5) is 42.5. The van der Waals surface area contributed by atoms with Gasteiger partial charge in [-0.1, -0.05) is 32.4 Å². The Morgan fingerprint density at radius 1 is 1.29 bits per heavy atom. The highest BCUT2D eigenvalue weighted by Crippen LogP contribution is 2.26. The van der Waals surface area contributed by atoms with Crippen LogP contribution in [-0.4, -0.2) is 72.9 Å². The molecule has 0 saturated carbocycles. The number of hydrogen-bond acceptors (Lipinski definition) is 5. The van der Waals surface area contributed by atoms with Crippen LogP contribution in [0.25, 0.3) is 6.08 Å². The summed E-state index contributed by atoms with van der Waals surface area (Å²) in [6.07, 6.45) is 4.13. The molecule has 8 nitrogen and oxygen atoms in total. The van der Waals surface area contributed by atoms with Crippen LogP contribution in [-0.2, 0) is 14.4 Å². The molecule has 2 N–H and O–H groups in total. The third kappa shape index (κ3) is 5.44. The molecule has 4 atom stereocenters. The van der Waals surface area contributed by atoms with Gasteiger partial charge in [-0.15, -0.1) is 0 Å². The SMILES string of the molecule is CCC(C)C1NC(=O)C2C(CCN2C(=O)CN(C)C)Oc2cccc(c2)C=CNC1=O. The Balaban J connectivity index is 1.98. The van der Waals surface area contributed by atoms with Crippen molar-refractivity contribution in [3.05, 3.63) is 36.0 Å². The third-order valence-electron chi connectivity index (χ3n) is 5.82. The van der Waals surface area contributed by atoms with Crippen LogP contribution in [0, 0.1) is 5.92 Å². The molecule has 2 aliphatic rings. The summed E-state index contributed by atoms with van der Waals surface area (Å²) in [7, 11) is 3.63. The Morgan fingerprint density at radius 2 is 2.06 bits per heavy atom. The summed E-state index contributed by atoms with van der Waals surface area (Å²) in [6, 6.07) is 5.94. The summed E-state index contributed by atoms with van der Waals surface area (Å²) in [6.45, 7) is 4.52. The molecule has 168 valence electrons. The average Bonchev–Trinajstić information content (AvgIpc) is 3.14. The number of fused-ring (bicyclic) bond motifs is 3. The van der Waals surface area contributed by atoms with Gasteiger partial charge in [0.2, 0.25) is 17.7 Å². The van der Waals surface area contributed by atoms with Crippen LogP contribution in [0.15, 0.2) is 30.5 Å². The second kappa shape index (κ2) is 9.96. The van der Waals surface area contributed by atoms with Gasteiger partial charge in [-0.25, -0.2) is 0 Å². The molecule has 2 aliphatic heterocycles. The lowest BCUT2D eigenvalue weighted by Crippen LogP contribution is -2.58. The maximum Gasteiger partial charge on any atom is 0.247 e. The second-order valence-corrected chi connectivity index (χ2v) is 8.50. The predicted octanol–water partition coefficient (Wildman–Crippen LogP) is 1.23. The van der Waals surface area contributed by atoms with Crippen molar-refractivity contribution in [2.24, 2.45) is 5.92 Å². The molecular formula is C23H32N4O4. The zero-order valence-corrected chi connectivity index (χ0v) is 18.6. The van der Waals surface area contributed by atoms with Crippen molar-refractivity contribution in [2.45, 2.75) is 44.9 Å². The van der Waals surface area contributed by atoms with E-state index in [1.54, 1.807) is 22.1 Å². The van der Waals surface area contributed by atoms with E-state index in [1.807, 2.05) is 52.2 Å². The van der Waals surface area contributed by atoms with E-state index in [1.165, 1.54) is 0 Å². The van der Waals surface area contributed by atoms with E-state index in [0.29, 0.717) is 18.7 Å². The molecule has 8 heteroatoms. The molecule has 0 aliphatic carbocycles. The summed E-state index contributed by atoms with van der Waals surface area (Å²) >= 11 is 0. The molecule has 0 aromatic heterocycles. The van der Waals surface area contributed by atoms with Crippen LogP contribution in [0.5, 0.6) is 5.75 Å². The second-order valence-electron chi connectivity index (χ2n) is 8.50. The van der Waals surface area contributed by atoms with E-state index in [-0.39, 0.29) is 30.2 Å². The van der Waals surface area contributed by atoms with E-state index >= 15 is 0 Å². The van der Waals surface area contributed by atoms with Crippen LogP contribution in [0.2, 0.25) is 0 Å². The van der Waals surface area contributed by atoms with Gasteiger partial charge < -0.3 is 25.2 Å². The molecule has 1 aromatic rings. The average molecular weight is 429 g/mol. The molecule has 2 heterocycles. The van der Waals surface area contributed by atoms with E-state index in [9.17, 15) is 14.4 Å². The van der Waals surface area contributed by atoms with Gasteiger partial charge in [0.25, 0.3) is 0 Å². The number of likely N-dealkylation sites (tertiary alicyclic amines) is 1. The minimum atomic E-state index is -0.802. The number of hydrogen-bond donors (Lipinski definition) is 2. The predicted molar refractivity (Wildman–Crippen MR) is 118 cm³/mol. The Kier molecular flexibility index (Phi) is 7.33. The number of nitrogens with one attached hydrogen (secondary N) is 2. The molecule has 1 saturated heterocycles. The first-order valence-electron chi connectivity index (χ1n) is 10.8. The minimum absolute atomic E-state index is 0.0739. The number of ether oxygens (including phenoxy) is 1. The molecule has 0 spiro atoms. The number of carbonyl (C=O) groups excluding carboxylic acids is 3. The smallest absolute Gasteiger partial charge is 0.247 e. The zero-order chi connectivity index (χ0) is 22.5. The molecule has 2 bridgehead atoms. The van der Waals surface area contributed by atoms with E-state index in [4.69, 9.17) is 4.74 Å². The summed E-state index contributed by atoms with van der Waals surface area (Å²) < 4.78 is 6.19. The first-order valence-corrected chi connectivity index (χ1v) is 10.8. The van der Waals surface area contributed by atoms with Crippen molar-refractivity contribution in [2.75, 3.05) is 27.2 Å². The van der Waals surface area contributed by atoms with Crippen LogP contribution in [0.4, 0.5) is 0 Å². The summed E-state index contributed by atoms with van der Waals surface area (Å²) in [5.74, 6) is -0.239. The van der Waals surface area contributed by atoms with Crippen molar-refractivity contribution in [3.63, 3.8) is 0 Å². The molecule has 1 aromatic carbocycles. The van der Waals surface area contributed by atoms with Crippen molar-refractivity contribution >= 4 is 23.8 Å². The molecular weight excluding hydrogens is 396 g/mol. The Labute approximate surface area is 183 Å². The lowest BCUT2D eigenvalue weighted by atomic mass is 9.97. The lowest BCUT2D eigenvalue weighted by molar-refractivity contribution is -0.141. The largest absolute Gasteiger partial charge is 0.488 e. The van der Waals surface area contributed by atoms with Gasteiger partial charge in [0.15, 0.2) is 0 Å². The first kappa shape index (κ1) is 22.8. The monoisotopic (exact) mass is 428 g/mol. The molecule has 4 unspecified atom stereocenters. The standard InChI is InChI=1S/C23H32N4O4/c1-5-15(2)20-22(29)24-11-9-16-7-6-8-17(13-16)31-18-10-12-27(19(28)14-26(3)4)21(18)23(30)25-20/h6-9,11,13,15,18,20-21H,5,10,12,14H2,1-4H3,(H,24,29)(H,25,30). The number of likely N-dealkylation sites (N-methyl/N-ethyl adjacent to an activating group) is 1. The maximum absolute atomic E-state index is 13.4. The molecule has 0 radical (unpaired) electrons. The summed E-state index contributed by atoms with van der Waals surface area (Å²) in [5, 5.41) is 5.67. The highest BCUT2D eigenvalue weighted by molar-refractivity contribution is 5.93. The van der Waals surface area contributed by atoms with Crippen LogP contribution in [0.3, 0.4) is 0 Å². The Morgan fingerprint density at radius 3 is 2.77 bits per heavy atom. The van der Waals surface area contributed by atoms with E-state index in [0.717, 1.165) is 12.0 Å². The van der Waals surface area contributed by atoms with Crippen molar-refractivity contribution in [3.8, 4) is 5.75 Å².